The summed E-state index contributed by atoms with van der Waals surface area (Å²) in [4.78, 5) is 23.0. The van der Waals surface area contributed by atoms with E-state index in [9.17, 15) is 9.59 Å². The maximum absolute atomic E-state index is 12.1. The molecule has 2 rings (SSSR count). The number of benzene rings is 1. The zero-order chi connectivity index (χ0) is 14.0. The number of hydrogen-bond donors (Lipinski definition) is 2. The summed E-state index contributed by atoms with van der Waals surface area (Å²) >= 11 is 3.37. The van der Waals surface area contributed by atoms with Gasteiger partial charge >= 0.3 is 5.97 Å². The van der Waals surface area contributed by atoms with Crippen molar-refractivity contribution in [3.05, 3.63) is 28.2 Å². The summed E-state index contributed by atoms with van der Waals surface area (Å²) in [6.45, 7) is 1.93. The SMILES string of the molecule is Cc1cc(Br)ccc1NC(=O)C1CCC(C(=O)O)C1. The second kappa shape index (κ2) is 5.74. The first-order valence-corrected chi connectivity index (χ1v) is 7.06. The molecule has 102 valence electrons. The van der Waals surface area contributed by atoms with E-state index in [1.54, 1.807) is 0 Å². The number of halogens is 1. The first-order valence-electron chi connectivity index (χ1n) is 6.27. The van der Waals surface area contributed by atoms with Crippen molar-refractivity contribution in [2.75, 3.05) is 5.32 Å². The third-order valence-corrected chi connectivity index (χ3v) is 4.09. The van der Waals surface area contributed by atoms with Crippen molar-refractivity contribution >= 4 is 33.5 Å². The van der Waals surface area contributed by atoms with Gasteiger partial charge in [0.25, 0.3) is 0 Å². The van der Waals surface area contributed by atoms with Gasteiger partial charge in [-0.05, 0) is 49.9 Å². The van der Waals surface area contributed by atoms with Crippen molar-refractivity contribution in [1.29, 1.82) is 0 Å². The number of rotatable bonds is 3. The molecule has 5 heteroatoms. The predicted molar refractivity (Wildman–Crippen MR) is 76.0 cm³/mol. The molecule has 0 aromatic heterocycles. The van der Waals surface area contributed by atoms with Crippen LogP contribution in [0.2, 0.25) is 0 Å². The summed E-state index contributed by atoms with van der Waals surface area (Å²) in [5.74, 6) is -1.43. The van der Waals surface area contributed by atoms with Crippen molar-refractivity contribution in [2.45, 2.75) is 26.2 Å². The summed E-state index contributed by atoms with van der Waals surface area (Å²) in [5, 5.41) is 11.8. The summed E-state index contributed by atoms with van der Waals surface area (Å²) in [7, 11) is 0. The Hall–Kier alpha value is -1.36. The van der Waals surface area contributed by atoms with Gasteiger partial charge in [0.2, 0.25) is 5.91 Å². The Morgan fingerprint density at radius 2 is 2.00 bits per heavy atom. The Kier molecular flexibility index (Phi) is 4.24. The van der Waals surface area contributed by atoms with Gasteiger partial charge in [-0.2, -0.15) is 0 Å². The second-order valence-electron chi connectivity index (χ2n) is 4.99. The second-order valence-corrected chi connectivity index (χ2v) is 5.91. The lowest BCUT2D eigenvalue weighted by atomic mass is 10.0. The molecule has 0 bridgehead atoms. The number of hydrogen-bond acceptors (Lipinski definition) is 2. The molecule has 1 aliphatic carbocycles. The van der Waals surface area contributed by atoms with Crippen LogP contribution < -0.4 is 5.32 Å². The van der Waals surface area contributed by atoms with E-state index in [-0.39, 0.29) is 17.7 Å². The van der Waals surface area contributed by atoms with Crippen LogP contribution in [0, 0.1) is 18.8 Å². The van der Waals surface area contributed by atoms with Crippen LogP contribution in [-0.2, 0) is 9.59 Å². The van der Waals surface area contributed by atoms with Crippen molar-refractivity contribution in [3.63, 3.8) is 0 Å². The third kappa shape index (κ3) is 3.35. The fourth-order valence-corrected chi connectivity index (χ4v) is 2.92. The molecular weight excluding hydrogens is 310 g/mol. The highest BCUT2D eigenvalue weighted by atomic mass is 79.9. The van der Waals surface area contributed by atoms with E-state index in [4.69, 9.17) is 5.11 Å². The van der Waals surface area contributed by atoms with Crippen LogP contribution >= 0.6 is 15.9 Å². The molecule has 1 aliphatic rings. The summed E-state index contributed by atoms with van der Waals surface area (Å²) in [5.41, 5.74) is 1.77. The maximum atomic E-state index is 12.1. The molecular formula is C14H16BrNO3. The standard InChI is InChI=1S/C14H16BrNO3/c1-8-6-11(15)4-5-12(8)16-13(17)9-2-3-10(7-9)14(18)19/h4-6,9-10H,2-3,7H2,1H3,(H,16,17)(H,18,19). The lowest BCUT2D eigenvalue weighted by molar-refractivity contribution is -0.141. The van der Waals surface area contributed by atoms with E-state index >= 15 is 0 Å². The van der Waals surface area contributed by atoms with Crippen LogP contribution in [0.25, 0.3) is 0 Å². The number of carbonyl (C=O) groups excluding carboxylic acids is 1. The maximum Gasteiger partial charge on any atom is 0.306 e. The van der Waals surface area contributed by atoms with Crippen LogP contribution in [0.3, 0.4) is 0 Å². The molecule has 0 spiro atoms. The van der Waals surface area contributed by atoms with Gasteiger partial charge < -0.3 is 10.4 Å². The fraction of sp³-hybridized carbons (Fsp3) is 0.429. The molecule has 1 saturated carbocycles. The van der Waals surface area contributed by atoms with Crippen LogP contribution in [0.1, 0.15) is 24.8 Å². The van der Waals surface area contributed by atoms with Crippen molar-refractivity contribution in [2.24, 2.45) is 11.8 Å². The minimum atomic E-state index is -0.796. The monoisotopic (exact) mass is 325 g/mol. The number of amides is 1. The Labute approximate surface area is 120 Å². The van der Waals surface area contributed by atoms with Crippen molar-refractivity contribution < 1.29 is 14.7 Å². The van der Waals surface area contributed by atoms with E-state index in [0.29, 0.717) is 19.3 Å². The van der Waals surface area contributed by atoms with E-state index < -0.39 is 5.97 Å². The average Bonchev–Trinajstić information content (AvgIpc) is 2.82. The number of nitrogens with one attached hydrogen (secondary N) is 1. The van der Waals surface area contributed by atoms with Gasteiger partial charge in [-0.3, -0.25) is 9.59 Å². The molecule has 1 amide bonds. The molecule has 1 fully saturated rings. The number of carboxylic acids is 1. The topological polar surface area (TPSA) is 66.4 Å². The van der Waals surface area contributed by atoms with Crippen molar-refractivity contribution in [3.8, 4) is 0 Å². The molecule has 19 heavy (non-hydrogen) atoms. The van der Waals surface area contributed by atoms with Gasteiger partial charge in [-0.1, -0.05) is 15.9 Å². The number of carbonyl (C=O) groups is 2. The molecule has 4 nitrogen and oxygen atoms in total. The molecule has 1 aromatic carbocycles. The molecule has 2 N–H and O–H groups in total. The average molecular weight is 326 g/mol. The minimum Gasteiger partial charge on any atom is -0.481 e. The van der Waals surface area contributed by atoms with Gasteiger partial charge in [0.1, 0.15) is 0 Å². The zero-order valence-corrected chi connectivity index (χ0v) is 12.2. The fourth-order valence-electron chi connectivity index (χ4n) is 2.45. The Morgan fingerprint density at radius 1 is 1.32 bits per heavy atom. The number of aryl methyl sites for hydroxylation is 1. The van der Waals surface area contributed by atoms with E-state index in [2.05, 4.69) is 21.2 Å². The van der Waals surface area contributed by atoms with Gasteiger partial charge in [0, 0.05) is 16.1 Å². The molecule has 2 atom stereocenters. The van der Waals surface area contributed by atoms with Gasteiger partial charge in [-0.25, -0.2) is 0 Å². The first kappa shape index (κ1) is 14.1. The summed E-state index contributed by atoms with van der Waals surface area (Å²) in [6, 6.07) is 5.66. The van der Waals surface area contributed by atoms with Gasteiger partial charge in [0.05, 0.1) is 5.92 Å². The lowest BCUT2D eigenvalue weighted by Gasteiger charge is -2.13. The predicted octanol–water partition coefficient (Wildman–Crippen LogP) is 3.20. The number of carboxylic acid groups (broad SMARTS) is 1. The normalized spacial score (nSPS) is 22.2. The molecule has 1 aromatic rings. The number of anilines is 1. The van der Waals surface area contributed by atoms with Gasteiger partial charge in [-0.15, -0.1) is 0 Å². The van der Waals surface area contributed by atoms with Crippen LogP contribution in [-0.4, -0.2) is 17.0 Å². The summed E-state index contributed by atoms with van der Waals surface area (Å²) in [6.07, 6.45) is 1.68. The van der Waals surface area contributed by atoms with Crippen LogP contribution in [0.5, 0.6) is 0 Å². The quantitative estimate of drug-likeness (QED) is 0.896. The highest BCUT2D eigenvalue weighted by Gasteiger charge is 2.33. The molecule has 0 saturated heterocycles. The van der Waals surface area contributed by atoms with Gasteiger partial charge in [0.15, 0.2) is 0 Å². The third-order valence-electron chi connectivity index (χ3n) is 3.60. The highest BCUT2D eigenvalue weighted by Crippen LogP contribution is 2.32. The van der Waals surface area contributed by atoms with Crippen molar-refractivity contribution in [1.82, 2.24) is 0 Å². The van der Waals surface area contributed by atoms with Crippen LogP contribution in [0.4, 0.5) is 5.69 Å². The molecule has 0 aliphatic heterocycles. The van der Waals surface area contributed by atoms with E-state index in [1.165, 1.54) is 0 Å². The smallest absolute Gasteiger partial charge is 0.306 e. The largest absolute Gasteiger partial charge is 0.481 e. The summed E-state index contributed by atoms with van der Waals surface area (Å²) < 4.78 is 0.967. The zero-order valence-electron chi connectivity index (χ0n) is 10.6. The number of aliphatic carboxylic acids is 1. The first-order chi connectivity index (χ1) is 8.97. The van der Waals surface area contributed by atoms with E-state index in [0.717, 1.165) is 15.7 Å². The van der Waals surface area contributed by atoms with Crippen LogP contribution in [0.15, 0.2) is 22.7 Å². The van der Waals surface area contributed by atoms with E-state index in [1.807, 2.05) is 25.1 Å². The Morgan fingerprint density at radius 3 is 2.58 bits per heavy atom. The Balaban J connectivity index is 2.00. The lowest BCUT2D eigenvalue weighted by Crippen LogP contribution is -2.22. The molecule has 0 radical (unpaired) electrons. The highest BCUT2D eigenvalue weighted by molar-refractivity contribution is 9.10. The molecule has 2 unspecified atom stereocenters. The Bertz CT molecular complexity index is 515. The minimum absolute atomic E-state index is 0.0748. The molecule has 0 heterocycles.